The SMILES string of the molecule is CC1(C)CNCCC2(CC2)C1. The van der Waals surface area contributed by atoms with Gasteiger partial charge >= 0.3 is 0 Å². The maximum absolute atomic E-state index is 3.53. The van der Waals surface area contributed by atoms with Crippen molar-refractivity contribution in [2.75, 3.05) is 13.1 Å². The Morgan fingerprint density at radius 2 is 1.82 bits per heavy atom. The van der Waals surface area contributed by atoms with E-state index in [0.717, 1.165) is 5.41 Å². The summed E-state index contributed by atoms with van der Waals surface area (Å²) >= 11 is 0. The fourth-order valence-corrected chi connectivity index (χ4v) is 2.55. The van der Waals surface area contributed by atoms with Crippen LogP contribution in [0.2, 0.25) is 0 Å². The Hall–Kier alpha value is -0.0400. The van der Waals surface area contributed by atoms with Gasteiger partial charge in [0.05, 0.1) is 0 Å². The summed E-state index contributed by atoms with van der Waals surface area (Å²) in [5.74, 6) is 0. The fourth-order valence-electron chi connectivity index (χ4n) is 2.55. The van der Waals surface area contributed by atoms with Gasteiger partial charge in [-0.3, -0.25) is 0 Å². The molecule has 1 nitrogen and oxygen atoms in total. The van der Waals surface area contributed by atoms with Crippen molar-refractivity contribution in [3.63, 3.8) is 0 Å². The van der Waals surface area contributed by atoms with Gasteiger partial charge in [0.1, 0.15) is 0 Å². The van der Waals surface area contributed by atoms with E-state index in [-0.39, 0.29) is 0 Å². The Labute approximate surface area is 69.6 Å². The molecule has 2 rings (SSSR count). The summed E-state index contributed by atoms with van der Waals surface area (Å²) in [7, 11) is 0. The zero-order valence-electron chi connectivity index (χ0n) is 7.74. The molecule has 64 valence electrons. The summed E-state index contributed by atoms with van der Waals surface area (Å²) in [6.07, 6.45) is 5.87. The van der Waals surface area contributed by atoms with Gasteiger partial charge in [0.2, 0.25) is 0 Å². The third kappa shape index (κ3) is 1.58. The first kappa shape index (κ1) is 7.60. The lowest BCUT2D eigenvalue weighted by Crippen LogP contribution is -2.27. The molecule has 0 aromatic rings. The summed E-state index contributed by atoms with van der Waals surface area (Å²) in [6.45, 7) is 7.26. The minimum Gasteiger partial charge on any atom is -0.316 e. The maximum Gasteiger partial charge on any atom is 0.000273 e. The Bertz CT molecular complexity index is 150. The lowest BCUT2D eigenvalue weighted by molar-refractivity contribution is 0.271. The molecular weight excluding hydrogens is 134 g/mol. The average molecular weight is 153 g/mol. The number of hydrogen-bond donors (Lipinski definition) is 1. The zero-order valence-corrected chi connectivity index (χ0v) is 7.74. The molecule has 1 aliphatic carbocycles. The molecule has 1 heteroatoms. The summed E-state index contributed by atoms with van der Waals surface area (Å²) < 4.78 is 0. The average Bonchev–Trinajstić information content (AvgIpc) is 2.63. The summed E-state index contributed by atoms with van der Waals surface area (Å²) in [5.41, 5.74) is 1.33. The Kier molecular flexibility index (Phi) is 1.54. The maximum atomic E-state index is 3.53. The normalized spacial score (nSPS) is 33.3. The van der Waals surface area contributed by atoms with Crippen molar-refractivity contribution in [2.24, 2.45) is 10.8 Å². The number of hydrogen-bond acceptors (Lipinski definition) is 1. The molecule has 2 fully saturated rings. The van der Waals surface area contributed by atoms with Crippen LogP contribution >= 0.6 is 0 Å². The first-order valence-corrected chi connectivity index (χ1v) is 4.83. The molecule has 1 heterocycles. The Morgan fingerprint density at radius 3 is 2.45 bits per heavy atom. The van der Waals surface area contributed by atoms with Crippen molar-refractivity contribution in [1.29, 1.82) is 0 Å². The minimum absolute atomic E-state index is 0.549. The first-order chi connectivity index (χ1) is 5.12. The Morgan fingerprint density at radius 1 is 1.09 bits per heavy atom. The van der Waals surface area contributed by atoms with Crippen LogP contribution in [0.4, 0.5) is 0 Å². The molecule has 11 heavy (non-hydrogen) atoms. The third-order valence-electron chi connectivity index (χ3n) is 3.25. The molecule has 2 aliphatic rings. The van der Waals surface area contributed by atoms with E-state index in [1.807, 2.05) is 0 Å². The zero-order chi connectivity index (χ0) is 7.95. The van der Waals surface area contributed by atoms with Gasteiger partial charge in [-0.15, -0.1) is 0 Å². The van der Waals surface area contributed by atoms with Crippen LogP contribution in [0.15, 0.2) is 0 Å². The minimum atomic E-state index is 0.549. The van der Waals surface area contributed by atoms with E-state index >= 15 is 0 Å². The van der Waals surface area contributed by atoms with Gasteiger partial charge in [0.15, 0.2) is 0 Å². The standard InChI is InChI=1S/C10H19N/c1-9(2)7-10(3-4-10)5-6-11-8-9/h11H,3-8H2,1-2H3. The molecule has 0 radical (unpaired) electrons. The smallest absolute Gasteiger partial charge is 0.000273 e. The molecule has 1 saturated carbocycles. The lowest BCUT2D eigenvalue weighted by Gasteiger charge is -2.25. The van der Waals surface area contributed by atoms with Crippen LogP contribution in [-0.2, 0) is 0 Å². The molecule has 1 N–H and O–H groups in total. The van der Waals surface area contributed by atoms with Gasteiger partial charge in [-0.05, 0) is 43.1 Å². The number of rotatable bonds is 0. The van der Waals surface area contributed by atoms with Gasteiger partial charge < -0.3 is 5.32 Å². The topological polar surface area (TPSA) is 12.0 Å². The summed E-state index contributed by atoms with van der Waals surface area (Å²) in [4.78, 5) is 0. The van der Waals surface area contributed by atoms with Gasteiger partial charge in [-0.1, -0.05) is 13.8 Å². The van der Waals surface area contributed by atoms with Crippen molar-refractivity contribution in [3.05, 3.63) is 0 Å². The van der Waals surface area contributed by atoms with Crippen LogP contribution < -0.4 is 5.32 Å². The molecule has 1 aliphatic heterocycles. The van der Waals surface area contributed by atoms with Crippen LogP contribution in [0.1, 0.15) is 39.5 Å². The molecule has 1 saturated heterocycles. The molecule has 1 spiro atoms. The van der Waals surface area contributed by atoms with Crippen LogP contribution in [0.25, 0.3) is 0 Å². The highest BCUT2D eigenvalue weighted by Gasteiger charge is 2.46. The molecule has 0 amide bonds. The Balaban J connectivity index is 2.05. The van der Waals surface area contributed by atoms with Gasteiger partial charge in [-0.2, -0.15) is 0 Å². The van der Waals surface area contributed by atoms with Crippen molar-refractivity contribution >= 4 is 0 Å². The number of nitrogens with one attached hydrogen (secondary N) is 1. The van der Waals surface area contributed by atoms with Crippen LogP contribution in [-0.4, -0.2) is 13.1 Å². The van der Waals surface area contributed by atoms with Gasteiger partial charge in [0, 0.05) is 6.54 Å². The van der Waals surface area contributed by atoms with Crippen molar-refractivity contribution in [2.45, 2.75) is 39.5 Å². The molecule has 0 aromatic carbocycles. The van der Waals surface area contributed by atoms with Crippen molar-refractivity contribution in [3.8, 4) is 0 Å². The van der Waals surface area contributed by atoms with Gasteiger partial charge in [0.25, 0.3) is 0 Å². The first-order valence-electron chi connectivity index (χ1n) is 4.83. The quantitative estimate of drug-likeness (QED) is 0.562. The second-order valence-corrected chi connectivity index (χ2v) is 5.27. The predicted molar refractivity (Wildman–Crippen MR) is 47.6 cm³/mol. The third-order valence-corrected chi connectivity index (χ3v) is 3.25. The van der Waals surface area contributed by atoms with E-state index < -0.39 is 0 Å². The van der Waals surface area contributed by atoms with E-state index in [1.54, 1.807) is 0 Å². The van der Waals surface area contributed by atoms with Crippen LogP contribution in [0.3, 0.4) is 0 Å². The van der Waals surface area contributed by atoms with Crippen LogP contribution in [0, 0.1) is 10.8 Å². The second kappa shape index (κ2) is 2.22. The largest absolute Gasteiger partial charge is 0.316 e. The summed E-state index contributed by atoms with van der Waals surface area (Å²) in [6, 6.07) is 0. The molecule has 0 unspecified atom stereocenters. The van der Waals surface area contributed by atoms with E-state index in [1.165, 1.54) is 38.8 Å². The highest BCUT2D eigenvalue weighted by molar-refractivity contribution is 4.99. The second-order valence-electron chi connectivity index (χ2n) is 5.27. The highest BCUT2D eigenvalue weighted by atomic mass is 14.9. The summed E-state index contributed by atoms with van der Waals surface area (Å²) in [5, 5.41) is 3.53. The highest BCUT2D eigenvalue weighted by Crippen LogP contribution is 2.56. The monoisotopic (exact) mass is 153 g/mol. The molecular formula is C10H19N. The van der Waals surface area contributed by atoms with Crippen LogP contribution in [0.5, 0.6) is 0 Å². The van der Waals surface area contributed by atoms with E-state index in [0.29, 0.717) is 5.41 Å². The molecule has 0 bridgehead atoms. The van der Waals surface area contributed by atoms with E-state index in [9.17, 15) is 0 Å². The van der Waals surface area contributed by atoms with E-state index in [2.05, 4.69) is 19.2 Å². The predicted octanol–water partition coefficient (Wildman–Crippen LogP) is 2.18. The lowest BCUT2D eigenvalue weighted by atomic mass is 9.81. The van der Waals surface area contributed by atoms with Gasteiger partial charge in [-0.25, -0.2) is 0 Å². The fraction of sp³-hybridized carbons (Fsp3) is 1.00. The molecule has 0 aromatic heterocycles. The van der Waals surface area contributed by atoms with E-state index in [4.69, 9.17) is 0 Å². The van der Waals surface area contributed by atoms with Crippen molar-refractivity contribution in [1.82, 2.24) is 5.32 Å². The molecule has 0 atom stereocenters. The van der Waals surface area contributed by atoms with Crippen molar-refractivity contribution < 1.29 is 0 Å².